The van der Waals surface area contributed by atoms with Crippen LogP contribution in [0.1, 0.15) is 18.4 Å². The molecule has 1 rings (SSSR count). The summed E-state index contributed by atoms with van der Waals surface area (Å²) in [6.07, 6.45) is -0.0527. The Hall–Kier alpha value is -1.60. The summed E-state index contributed by atoms with van der Waals surface area (Å²) < 4.78 is 30.7. The van der Waals surface area contributed by atoms with Crippen molar-refractivity contribution in [1.29, 1.82) is 0 Å². The molecule has 0 aromatic heterocycles. The number of sulfonamides is 1. The number of carboxylic acid groups (broad SMARTS) is 1. The van der Waals surface area contributed by atoms with E-state index in [1.807, 2.05) is 0 Å². The highest BCUT2D eigenvalue weighted by atomic mass is 32.2. The summed E-state index contributed by atoms with van der Waals surface area (Å²) in [4.78, 5) is 10.3. The number of benzene rings is 1. The highest BCUT2D eigenvalue weighted by molar-refractivity contribution is 7.89. The zero-order chi connectivity index (χ0) is 14.3. The molecular formula is C12H17NO5S. The van der Waals surface area contributed by atoms with E-state index >= 15 is 0 Å². The summed E-state index contributed by atoms with van der Waals surface area (Å²) >= 11 is 0. The number of ether oxygens (including phenoxy) is 1. The fraction of sp³-hybridized carbons (Fsp3) is 0.417. The van der Waals surface area contributed by atoms with Crippen molar-refractivity contribution in [2.24, 2.45) is 0 Å². The summed E-state index contributed by atoms with van der Waals surface area (Å²) in [7, 11) is -1.91. The Morgan fingerprint density at radius 2 is 2.16 bits per heavy atom. The highest BCUT2D eigenvalue weighted by Gasteiger charge is 2.11. The molecule has 0 saturated carbocycles. The molecule has 0 heterocycles. The molecule has 19 heavy (non-hydrogen) atoms. The van der Waals surface area contributed by atoms with Crippen molar-refractivity contribution < 1.29 is 23.1 Å². The largest absolute Gasteiger partial charge is 0.497 e. The molecule has 0 saturated heterocycles. The fourth-order valence-electron chi connectivity index (χ4n) is 1.46. The van der Waals surface area contributed by atoms with E-state index in [1.165, 1.54) is 7.11 Å². The number of aliphatic carboxylic acids is 1. The highest BCUT2D eigenvalue weighted by Crippen LogP contribution is 2.12. The first-order valence-electron chi connectivity index (χ1n) is 5.75. The van der Waals surface area contributed by atoms with E-state index < -0.39 is 16.0 Å². The third-order valence-corrected chi connectivity index (χ3v) is 3.84. The van der Waals surface area contributed by atoms with E-state index in [-0.39, 0.29) is 25.1 Å². The topological polar surface area (TPSA) is 92.7 Å². The molecule has 7 heteroatoms. The molecule has 0 atom stereocenters. The van der Waals surface area contributed by atoms with E-state index in [0.717, 1.165) is 5.56 Å². The molecular weight excluding hydrogens is 270 g/mol. The summed E-state index contributed by atoms with van der Waals surface area (Å²) in [6.45, 7) is 0.159. The Kier molecular flexibility index (Phi) is 5.78. The van der Waals surface area contributed by atoms with Gasteiger partial charge in [0.05, 0.1) is 12.9 Å². The average Bonchev–Trinajstić information content (AvgIpc) is 2.36. The normalized spacial score (nSPS) is 11.2. The van der Waals surface area contributed by atoms with Crippen LogP contribution >= 0.6 is 0 Å². The predicted octanol–water partition coefficient (Wildman–Crippen LogP) is 0.979. The monoisotopic (exact) mass is 287 g/mol. The molecule has 0 aliphatic rings. The Bertz CT molecular complexity index is 527. The second-order valence-electron chi connectivity index (χ2n) is 3.99. The lowest BCUT2D eigenvalue weighted by atomic mass is 10.2. The lowest BCUT2D eigenvalue weighted by Crippen LogP contribution is -2.26. The average molecular weight is 287 g/mol. The molecule has 0 aliphatic heterocycles. The number of hydrogen-bond donors (Lipinski definition) is 2. The van der Waals surface area contributed by atoms with Gasteiger partial charge in [-0.3, -0.25) is 4.79 Å². The Morgan fingerprint density at radius 3 is 2.79 bits per heavy atom. The minimum Gasteiger partial charge on any atom is -0.497 e. The van der Waals surface area contributed by atoms with Crippen molar-refractivity contribution >= 4 is 16.0 Å². The molecule has 0 amide bonds. The minimum absolute atomic E-state index is 0.1000. The Balaban J connectivity index is 2.47. The van der Waals surface area contributed by atoms with E-state index in [0.29, 0.717) is 5.75 Å². The van der Waals surface area contributed by atoms with Crippen molar-refractivity contribution in [3.8, 4) is 5.75 Å². The lowest BCUT2D eigenvalue weighted by Gasteiger charge is -2.07. The molecule has 0 aliphatic carbocycles. The molecule has 6 nitrogen and oxygen atoms in total. The third kappa shape index (κ3) is 6.21. The van der Waals surface area contributed by atoms with Crippen LogP contribution in [-0.4, -0.2) is 32.4 Å². The maximum Gasteiger partial charge on any atom is 0.303 e. The van der Waals surface area contributed by atoms with Gasteiger partial charge in [0, 0.05) is 13.0 Å². The smallest absolute Gasteiger partial charge is 0.303 e. The van der Waals surface area contributed by atoms with Crippen LogP contribution in [0.15, 0.2) is 24.3 Å². The maximum atomic E-state index is 11.6. The first kappa shape index (κ1) is 15.5. The van der Waals surface area contributed by atoms with E-state index in [1.54, 1.807) is 24.3 Å². The molecule has 0 bridgehead atoms. The van der Waals surface area contributed by atoms with Crippen molar-refractivity contribution in [3.05, 3.63) is 29.8 Å². The van der Waals surface area contributed by atoms with E-state index in [4.69, 9.17) is 9.84 Å². The van der Waals surface area contributed by atoms with Crippen molar-refractivity contribution in [3.63, 3.8) is 0 Å². The van der Waals surface area contributed by atoms with Crippen LogP contribution in [0.25, 0.3) is 0 Å². The number of hydrogen-bond acceptors (Lipinski definition) is 4. The van der Waals surface area contributed by atoms with Crippen molar-refractivity contribution in [2.75, 3.05) is 12.9 Å². The summed E-state index contributed by atoms with van der Waals surface area (Å²) in [5, 5.41) is 8.45. The molecule has 1 aromatic rings. The van der Waals surface area contributed by atoms with Crippen LogP contribution in [0.2, 0.25) is 0 Å². The molecule has 2 N–H and O–H groups in total. The van der Waals surface area contributed by atoms with Crippen LogP contribution in [0.5, 0.6) is 5.75 Å². The number of nitrogens with one attached hydrogen (secondary N) is 1. The van der Waals surface area contributed by atoms with Gasteiger partial charge >= 0.3 is 5.97 Å². The summed E-state index contributed by atoms with van der Waals surface area (Å²) in [5.41, 5.74) is 0.779. The second-order valence-corrected chi connectivity index (χ2v) is 5.92. The third-order valence-electron chi connectivity index (χ3n) is 2.43. The molecule has 1 aromatic carbocycles. The van der Waals surface area contributed by atoms with E-state index in [2.05, 4.69) is 4.72 Å². The molecule has 106 valence electrons. The van der Waals surface area contributed by atoms with Gasteiger partial charge in [-0.25, -0.2) is 13.1 Å². The molecule has 0 radical (unpaired) electrons. The Morgan fingerprint density at radius 1 is 1.42 bits per heavy atom. The van der Waals surface area contributed by atoms with Crippen LogP contribution in [0.3, 0.4) is 0 Å². The van der Waals surface area contributed by atoms with Crippen LogP contribution in [-0.2, 0) is 21.4 Å². The van der Waals surface area contributed by atoms with Crippen LogP contribution in [0.4, 0.5) is 0 Å². The quantitative estimate of drug-likeness (QED) is 0.743. The number of carboxylic acids is 1. The lowest BCUT2D eigenvalue weighted by molar-refractivity contribution is -0.137. The first-order chi connectivity index (χ1) is 8.93. The van der Waals surface area contributed by atoms with Gasteiger partial charge in [0.25, 0.3) is 0 Å². The number of rotatable bonds is 8. The zero-order valence-corrected chi connectivity index (χ0v) is 11.4. The second kappa shape index (κ2) is 7.10. The first-order valence-corrected chi connectivity index (χ1v) is 7.40. The van der Waals surface area contributed by atoms with Gasteiger partial charge in [-0.05, 0) is 24.1 Å². The van der Waals surface area contributed by atoms with Gasteiger partial charge < -0.3 is 9.84 Å². The van der Waals surface area contributed by atoms with Gasteiger partial charge in [0.2, 0.25) is 10.0 Å². The van der Waals surface area contributed by atoms with Gasteiger partial charge in [0.1, 0.15) is 5.75 Å². The zero-order valence-electron chi connectivity index (χ0n) is 10.6. The Labute approximate surface area is 112 Å². The standard InChI is InChI=1S/C12H17NO5S/c1-18-11-5-2-4-10(8-11)9-13-19(16,17)7-3-6-12(14)15/h2,4-5,8,13H,3,6-7,9H2,1H3,(H,14,15). The number of methoxy groups -OCH3 is 1. The van der Waals surface area contributed by atoms with Gasteiger partial charge in [0.15, 0.2) is 0 Å². The summed E-state index contributed by atoms with van der Waals surface area (Å²) in [6, 6.07) is 7.06. The van der Waals surface area contributed by atoms with Crippen molar-refractivity contribution in [2.45, 2.75) is 19.4 Å². The molecule has 0 fully saturated rings. The SMILES string of the molecule is COc1cccc(CNS(=O)(=O)CCCC(=O)O)c1. The van der Waals surface area contributed by atoms with Crippen LogP contribution in [0, 0.1) is 0 Å². The van der Waals surface area contributed by atoms with Gasteiger partial charge in [-0.1, -0.05) is 12.1 Å². The molecule has 0 spiro atoms. The van der Waals surface area contributed by atoms with Crippen LogP contribution < -0.4 is 9.46 Å². The fourth-order valence-corrected chi connectivity index (χ4v) is 2.52. The van der Waals surface area contributed by atoms with Gasteiger partial charge in [-0.2, -0.15) is 0 Å². The predicted molar refractivity (Wildman–Crippen MR) is 70.5 cm³/mol. The van der Waals surface area contributed by atoms with Gasteiger partial charge in [-0.15, -0.1) is 0 Å². The number of carbonyl (C=O) groups is 1. The molecule has 0 unspecified atom stereocenters. The van der Waals surface area contributed by atoms with E-state index in [9.17, 15) is 13.2 Å². The summed E-state index contributed by atoms with van der Waals surface area (Å²) in [5.74, 6) is -0.533. The van der Waals surface area contributed by atoms with Crippen molar-refractivity contribution in [1.82, 2.24) is 4.72 Å². The minimum atomic E-state index is -3.45. The maximum absolute atomic E-state index is 11.6.